The van der Waals surface area contributed by atoms with E-state index in [1.807, 2.05) is 10.8 Å². The normalized spacial score (nSPS) is 8.55. The summed E-state index contributed by atoms with van der Waals surface area (Å²) in [4.78, 5) is 3.88. The van der Waals surface area contributed by atoms with E-state index in [4.69, 9.17) is 10.5 Å². The molecule has 1 heterocycles. The number of rotatable bonds is 2. The van der Waals surface area contributed by atoms with E-state index in [0.29, 0.717) is 9.50 Å². The molecular weight excluding hydrogens is 200 g/mol. The average Bonchev–Trinajstić information content (AvgIpc) is 2.38. The van der Waals surface area contributed by atoms with Crippen LogP contribution < -0.4 is 0 Å². The first-order chi connectivity index (χ1) is 5.36. The molecule has 0 fully saturated rings. The second-order valence-electron chi connectivity index (χ2n) is 1.23. The molecule has 1 aromatic rings. The van der Waals surface area contributed by atoms with Gasteiger partial charge in [-0.05, 0) is 11.5 Å². The highest BCUT2D eigenvalue weighted by molar-refractivity contribution is 8.05. The summed E-state index contributed by atoms with van der Waals surface area (Å²) in [5.74, 6) is 0. The lowest BCUT2D eigenvalue weighted by Crippen LogP contribution is -1.69. The molecule has 0 N–H and O–H groups in total. The third kappa shape index (κ3) is 2.39. The quantitative estimate of drug-likeness (QED) is 0.534. The Morgan fingerprint density at radius 2 is 2.00 bits per heavy atom. The van der Waals surface area contributed by atoms with Crippen LogP contribution in [0.5, 0.6) is 0 Å². The van der Waals surface area contributed by atoms with Crippen LogP contribution in [0.3, 0.4) is 0 Å². The lowest BCUT2D eigenvalue weighted by Gasteiger charge is -1.76. The molecule has 0 unspecified atom stereocenters. The zero-order valence-corrected chi connectivity index (χ0v) is 7.46. The highest BCUT2D eigenvalue weighted by Gasteiger charge is 2.03. The van der Waals surface area contributed by atoms with Crippen LogP contribution >= 0.6 is 35.1 Å². The van der Waals surface area contributed by atoms with Gasteiger partial charge in [-0.2, -0.15) is 14.9 Å². The highest BCUT2D eigenvalue weighted by Crippen LogP contribution is 2.22. The minimum absolute atomic E-state index is 0.412. The summed E-state index contributed by atoms with van der Waals surface area (Å²) in [7, 11) is 0. The summed E-state index contributed by atoms with van der Waals surface area (Å²) >= 11 is 2.96. The first-order valence-corrected chi connectivity index (χ1v) is 4.73. The fraction of sp³-hybridized carbons (Fsp3) is 0. The number of aromatic nitrogens is 2. The van der Waals surface area contributed by atoms with Gasteiger partial charge < -0.3 is 0 Å². The Morgan fingerprint density at radius 1 is 1.27 bits per heavy atom. The summed E-state index contributed by atoms with van der Waals surface area (Å²) in [6, 6.07) is 0. The Morgan fingerprint density at radius 3 is 2.64 bits per heavy atom. The van der Waals surface area contributed by atoms with Crippen molar-refractivity contribution in [3.8, 4) is 10.8 Å². The van der Waals surface area contributed by atoms with Gasteiger partial charge in [0.05, 0.1) is 0 Å². The molecule has 0 aliphatic heterocycles. The first-order valence-electron chi connectivity index (χ1n) is 2.32. The van der Waals surface area contributed by atoms with Crippen LogP contribution in [-0.2, 0) is 0 Å². The van der Waals surface area contributed by atoms with Gasteiger partial charge in [0.2, 0.25) is 5.16 Å². The van der Waals surface area contributed by atoms with E-state index in [0.717, 1.165) is 35.1 Å². The molecule has 11 heavy (non-hydrogen) atoms. The molecule has 54 valence electrons. The van der Waals surface area contributed by atoms with Crippen molar-refractivity contribution in [2.75, 3.05) is 0 Å². The van der Waals surface area contributed by atoms with E-state index in [-0.39, 0.29) is 0 Å². The zero-order valence-electron chi connectivity index (χ0n) is 5.01. The number of thiocyanates is 2. The Bertz CT molecular complexity index is 288. The van der Waals surface area contributed by atoms with Crippen LogP contribution in [0.2, 0.25) is 0 Å². The van der Waals surface area contributed by atoms with E-state index < -0.39 is 0 Å². The molecule has 1 rings (SSSR count). The van der Waals surface area contributed by atoms with Crippen LogP contribution in [-0.4, -0.2) is 9.36 Å². The van der Waals surface area contributed by atoms with E-state index in [9.17, 15) is 0 Å². The summed E-state index contributed by atoms with van der Waals surface area (Å²) < 4.78 is 4.40. The van der Waals surface area contributed by atoms with Gasteiger partial charge in [-0.25, -0.2) is 4.98 Å². The minimum Gasteiger partial charge on any atom is -0.201 e. The SMILES string of the molecule is N#CSc1nsc(SC#N)n1. The van der Waals surface area contributed by atoms with E-state index in [1.54, 1.807) is 0 Å². The second kappa shape index (κ2) is 4.19. The molecule has 0 aromatic carbocycles. The number of hydrogen-bond acceptors (Lipinski definition) is 7. The van der Waals surface area contributed by atoms with Crippen LogP contribution in [0.1, 0.15) is 0 Å². The van der Waals surface area contributed by atoms with Crippen molar-refractivity contribution < 1.29 is 0 Å². The van der Waals surface area contributed by atoms with Gasteiger partial charge >= 0.3 is 0 Å². The summed E-state index contributed by atoms with van der Waals surface area (Å²) in [5.41, 5.74) is 0. The smallest absolute Gasteiger partial charge is 0.201 e. The van der Waals surface area contributed by atoms with Gasteiger partial charge in [0.1, 0.15) is 10.8 Å². The molecule has 0 atom stereocenters. The fourth-order valence-corrected chi connectivity index (χ4v) is 1.86. The first kappa shape index (κ1) is 8.34. The molecule has 0 saturated heterocycles. The molecule has 0 spiro atoms. The maximum Gasteiger partial charge on any atom is 0.215 e. The average molecular weight is 200 g/mol. The van der Waals surface area contributed by atoms with Crippen molar-refractivity contribution in [3.05, 3.63) is 0 Å². The van der Waals surface area contributed by atoms with E-state index in [1.165, 1.54) is 0 Å². The third-order valence-electron chi connectivity index (χ3n) is 0.659. The van der Waals surface area contributed by atoms with Gasteiger partial charge in [-0.3, -0.25) is 0 Å². The summed E-state index contributed by atoms with van der Waals surface area (Å²) in [6.07, 6.45) is 0. The van der Waals surface area contributed by atoms with Crippen molar-refractivity contribution in [1.29, 1.82) is 10.5 Å². The topological polar surface area (TPSA) is 73.4 Å². The van der Waals surface area contributed by atoms with Crippen LogP contribution in [0.15, 0.2) is 9.50 Å². The monoisotopic (exact) mass is 200 g/mol. The Balaban J connectivity index is 2.69. The molecule has 0 bridgehead atoms. The number of nitrogens with zero attached hydrogens (tertiary/aromatic N) is 4. The molecule has 0 saturated carbocycles. The minimum atomic E-state index is 0.412. The fourth-order valence-electron chi connectivity index (χ4n) is 0.360. The molecule has 4 nitrogen and oxygen atoms in total. The van der Waals surface area contributed by atoms with Crippen LogP contribution in [0.4, 0.5) is 0 Å². The van der Waals surface area contributed by atoms with Crippen molar-refractivity contribution in [2.45, 2.75) is 9.50 Å². The molecule has 0 aliphatic rings. The van der Waals surface area contributed by atoms with Crippen molar-refractivity contribution in [3.63, 3.8) is 0 Å². The maximum absolute atomic E-state index is 8.24. The number of thioether (sulfide) groups is 2. The predicted molar refractivity (Wildman–Crippen MR) is 42.8 cm³/mol. The van der Waals surface area contributed by atoms with Gasteiger partial charge in [0.25, 0.3) is 0 Å². The van der Waals surface area contributed by atoms with E-state index >= 15 is 0 Å². The van der Waals surface area contributed by atoms with Gasteiger partial charge in [-0.15, -0.1) is 0 Å². The van der Waals surface area contributed by atoms with Crippen molar-refractivity contribution in [1.82, 2.24) is 9.36 Å². The largest absolute Gasteiger partial charge is 0.215 e. The van der Waals surface area contributed by atoms with E-state index in [2.05, 4.69) is 9.36 Å². The molecular formula is C4N4S3. The molecule has 0 radical (unpaired) electrons. The zero-order chi connectivity index (χ0) is 8.10. The Labute approximate surface area is 75.4 Å². The summed E-state index contributed by atoms with van der Waals surface area (Å²) in [6.45, 7) is 0. The standard InChI is InChI=1S/C4N4S3/c5-1-9-3-7-4(10-2-6)11-8-3. The van der Waals surface area contributed by atoms with Crippen molar-refractivity contribution >= 4 is 35.1 Å². The third-order valence-corrected chi connectivity index (χ3v) is 2.57. The van der Waals surface area contributed by atoms with Gasteiger partial charge in [0.15, 0.2) is 4.34 Å². The maximum atomic E-state index is 8.24. The van der Waals surface area contributed by atoms with Gasteiger partial charge in [0, 0.05) is 23.5 Å². The predicted octanol–water partition coefficient (Wildman–Crippen LogP) is 1.68. The lowest BCUT2D eigenvalue weighted by atomic mass is 11.3. The number of nitriles is 2. The summed E-state index contributed by atoms with van der Waals surface area (Å²) in [5, 5.41) is 20.6. The Kier molecular flexibility index (Phi) is 3.17. The number of hydrogen-bond donors (Lipinski definition) is 0. The molecule has 1 aromatic heterocycles. The highest BCUT2D eigenvalue weighted by atomic mass is 32.2. The van der Waals surface area contributed by atoms with Crippen LogP contribution in [0.25, 0.3) is 0 Å². The second-order valence-corrected chi connectivity index (χ2v) is 3.77. The van der Waals surface area contributed by atoms with Gasteiger partial charge in [-0.1, -0.05) is 0 Å². The van der Waals surface area contributed by atoms with Crippen LogP contribution in [0, 0.1) is 21.3 Å². The molecule has 0 amide bonds. The Hall–Kier alpha value is -0.760. The van der Waals surface area contributed by atoms with Crippen molar-refractivity contribution in [2.24, 2.45) is 0 Å². The molecule has 7 heteroatoms. The molecule has 0 aliphatic carbocycles. The lowest BCUT2D eigenvalue weighted by molar-refractivity contribution is 1.03.